The highest BCUT2D eigenvalue weighted by molar-refractivity contribution is 5.83. The summed E-state index contributed by atoms with van der Waals surface area (Å²) in [5.41, 5.74) is 1.35. The van der Waals surface area contributed by atoms with Gasteiger partial charge in [-0.2, -0.15) is 0 Å². The molecule has 2 rings (SSSR count). The van der Waals surface area contributed by atoms with Gasteiger partial charge in [0.25, 0.3) is 0 Å². The topological polar surface area (TPSA) is 21.3 Å². The third kappa shape index (κ3) is 4.32. The maximum Gasteiger partial charge on any atom is 0.0478 e. The van der Waals surface area contributed by atoms with E-state index in [1.54, 1.807) is 0 Å². The van der Waals surface area contributed by atoms with Crippen molar-refractivity contribution < 1.29 is 4.74 Å². The summed E-state index contributed by atoms with van der Waals surface area (Å²) in [4.78, 5) is 0. The van der Waals surface area contributed by atoms with E-state index in [0.29, 0.717) is 6.04 Å². The summed E-state index contributed by atoms with van der Waals surface area (Å²) in [6, 6.07) is 15.6. The Morgan fingerprint density at radius 3 is 2.65 bits per heavy atom. The van der Waals surface area contributed by atoms with Crippen LogP contribution in [0.5, 0.6) is 0 Å². The highest BCUT2D eigenvalue weighted by Crippen LogP contribution is 2.20. The molecular formula is C18H25NO. The van der Waals surface area contributed by atoms with Crippen molar-refractivity contribution in [2.24, 2.45) is 0 Å². The van der Waals surface area contributed by atoms with Crippen LogP contribution in [0.1, 0.15) is 38.3 Å². The fraction of sp³-hybridized carbons (Fsp3) is 0.444. The van der Waals surface area contributed by atoms with E-state index in [1.807, 2.05) is 0 Å². The molecule has 0 aliphatic heterocycles. The number of ether oxygens (including phenoxy) is 1. The monoisotopic (exact) mass is 271 g/mol. The first-order valence-electron chi connectivity index (χ1n) is 7.61. The van der Waals surface area contributed by atoms with Gasteiger partial charge in [-0.05, 0) is 48.7 Å². The van der Waals surface area contributed by atoms with E-state index in [-0.39, 0.29) is 0 Å². The zero-order valence-corrected chi connectivity index (χ0v) is 12.6. The first-order chi connectivity index (χ1) is 9.81. The molecule has 108 valence electrons. The van der Waals surface area contributed by atoms with E-state index in [1.165, 1.54) is 16.3 Å². The van der Waals surface area contributed by atoms with Crippen LogP contribution in [0.15, 0.2) is 42.5 Å². The molecule has 0 spiro atoms. The first kappa shape index (κ1) is 15.0. The predicted molar refractivity (Wildman–Crippen MR) is 86.1 cm³/mol. The molecule has 0 aromatic heterocycles. The van der Waals surface area contributed by atoms with Crippen LogP contribution in [-0.2, 0) is 4.74 Å². The summed E-state index contributed by atoms with van der Waals surface area (Å²) in [6.45, 7) is 7.08. The zero-order valence-electron chi connectivity index (χ0n) is 12.6. The number of benzene rings is 2. The molecular weight excluding hydrogens is 246 g/mol. The Bertz CT molecular complexity index is 524. The molecule has 20 heavy (non-hydrogen) atoms. The lowest BCUT2D eigenvalue weighted by Crippen LogP contribution is -2.21. The Morgan fingerprint density at radius 2 is 1.85 bits per heavy atom. The van der Waals surface area contributed by atoms with Gasteiger partial charge in [0.15, 0.2) is 0 Å². The van der Waals surface area contributed by atoms with E-state index in [2.05, 4.69) is 61.6 Å². The molecule has 2 aromatic carbocycles. The van der Waals surface area contributed by atoms with Gasteiger partial charge in [0.1, 0.15) is 0 Å². The van der Waals surface area contributed by atoms with Gasteiger partial charge in [0, 0.05) is 19.3 Å². The second-order valence-electron chi connectivity index (χ2n) is 5.25. The molecule has 0 bridgehead atoms. The van der Waals surface area contributed by atoms with Gasteiger partial charge in [-0.3, -0.25) is 0 Å². The summed E-state index contributed by atoms with van der Waals surface area (Å²) < 4.78 is 5.49. The quantitative estimate of drug-likeness (QED) is 0.722. The SMILES string of the molecule is CCCOCCCNC(C)c1ccc2ccccc2c1. The number of fused-ring (bicyclic) bond motifs is 1. The van der Waals surface area contributed by atoms with E-state index in [9.17, 15) is 0 Å². The van der Waals surface area contributed by atoms with Crippen molar-refractivity contribution >= 4 is 10.8 Å². The third-order valence-electron chi connectivity index (χ3n) is 3.54. The van der Waals surface area contributed by atoms with Crippen LogP contribution in [0.3, 0.4) is 0 Å². The third-order valence-corrected chi connectivity index (χ3v) is 3.54. The van der Waals surface area contributed by atoms with Gasteiger partial charge in [-0.15, -0.1) is 0 Å². The maximum atomic E-state index is 5.49. The van der Waals surface area contributed by atoms with Crippen LogP contribution in [0.2, 0.25) is 0 Å². The molecule has 0 amide bonds. The standard InChI is InChI=1S/C18H25NO/c1-3-12-20-13-6-11-19-15(2)17-10-9-16-7-4-5-8-18(16)14-17/h4-5,7-10,14-15,19H,3,6,11-13H2,1-2H3. The highest BCUT2D eigenvalue weighted by atomic mass is 16.5. The lowest BCUT2D eigenvalue weighted by Gasteiger charge is -2.15. The molecule has 2 heteroatoms. The molecule has 2 aromatic rings. The van der Waals surface area contributed by atoms with Gasteiger partial charge in [0.2, 0.25) is 0 Å². The Hall–Kier alpha value is -1.38. The Morgan fingerprint density at radius 1 is 1.05 bits per heavy atom. The minimum atomic E-state index is 0.380. The van der Waals surface area contributed by atoms with E-state index in [0.717, 1.165) is 32.6 Å². The largest absolute Gasteiger partial charge is 0.381 e. The molecule has 2 nitrogen and oxygen atoms in total. The van der Waals surface area contributed by atoms with Crippen LogP contribution >= 0.6 is 0 Å². The summed E-state index contributed by atoms with van der Waals surface area (Å²) in [5, 5.41) is 6.17. The van der Waals surface area contributed by atoms with Gasteiger partial charge in [-0.1, -0.05) is 43.3 Å². The summed E-state index contributed by atoms with van der Waals surface area (Å²) >= 11 is 0. The molecule has 0 heterocycles. The zero-order chi connectivity index (χ0) is 14.2. The lowest BCUT2D eigenvalue weighted by atomic mass is 10.0. The van der Waals surface area contributed by atoms with Crippen LogP contribution < -0.4 is 5.32 Å². The van der Waals surface area contributed by atoms with Crippen molar-refractivity contribution in [3.63, 3.8) is 0 Å². The van der Waals surface area contributed by atoms with Crippen molar-refractivity contribution in [1.82, 2.24) is 5.32 Å². The molecule has 1 atom stereocenters. The van der Waals surface area contributed by atoms with E-state index in [4.69, 9.17) is 4.74 Å². The Balaban J connectivity index is 1.83. The smallest absolute Gasteiger partial charge is 0.0478 e. The van der Waals surface area contributed by atoms with Crippen LogP contribution in [0.25, 0.3) is 10.8 Å². The molecule has 0 aliphatic rings. The molecule has 0 saturated heterocycles. The second kappa shape index (κ2) is 8.03. The summed E-state index contributed by atoms with van der Waals surface area (Å²) in [6.07, 6.45) is 2.17. The maximum absolute atomic E-state index is 5.49. The Kier molecular flexibility index (Phi) is 6.03. The van der Waals surface area contributed by atoms with Gasteiger partial charge in [-0.25, -0.2) is 0 Å². The average Bonchev–Trinajstić information content (AvgIpc) is 2.50. The molecule has 0 fully saturated rings. The number of nitrogens with one attached hydrogen (secondary N) is 1. The number of rotatable bonds is 8. The van der Waals surface area contributed by atoms with Crippen molar-refractivity contribution in [3.8, 4) is 0 Å². The van der Waals surface area contributed by atoms with Crippen LogP contribution in [0.4, 0.5) is 0 Å². The van der Waals surface area contributed by atoms with Crippen molar-refractivity contribution in [2.75, 3.05) is 19.8 Å². The first-order valence-corrected chi connectivity index (χ1v) is 7.61. The van der Waals surface area contributed by atoms with Crippen molar-refractivity contribution in [2.45, 2.75) is 32.7 Å². The summed E-state index contributed by atoms with van der Waals surface area (Å²) in [7, 11) is 0. The fourth-order valence-electron chi connectivity index (χ4n) is 2.33. The van der Waals surface area contributed by atoms with Gasteiger partial charge < -0.3 is 10.1 Å². The molecule has 1 N–H and O–H groups in total. The van der Waals surface area contributed by atoms with E-state index >= 15 is 0 Å². The normalized spacial score (nSPS) is 12.7. The molecule has 0 aliphatic carbocycles. The summed E-state index contributed by atoms with van der Waals surface area (Å²) in [5.74, 6) is 0. The fourth-order valence-corrected chi connectivity index (χ4v) is 2.33. The van der Waals surface area contributed by atoms with E-state index < -0.39 is 0 Å². The van der Waals surface area contributed by atoms with Gasteiger partial charge >= 0.3 is 0 Å². The van der Waals surface area contributed by atoms with Crippen molar-refractivity contribution in [3.05, 3.63) is 48.0 Å². The molecule has 0 saturated carbocycles. The van der Waals surface area contributed by atoms with Crippen molar-refractivity contribution in [1.29, 1.82) is 0 Å². The minimum Gasteiger partial charge on any atom is -0.381 e. The number of hydrogen-bond donors (Lipinski definition) is 1. The van der Waals surface area contributed by atoms with Gasteiger partial charge in [0.05, 0.1) is 0 Å². The minimum absolute atomic E-state index is 0.380. The molecule has 1 unspecified atom stereocenters. The number of hydrogen-bond acceptors (Lipinski definition) is 2. The second-order valence-corrected chi connectivity index (χ2v) is 5.25. The lowest BCUT2D eigenvalue weighted by molar-refractivity contribution is 0.132. The van der Waals surface area contributed by atoms with Crippen LogP contribution in [0, 0.1) is 0 Å². The average molecular weight is 271 g/mol. The van der Waals surface area contributed by atoms with Crippen LogP contribution in [-0.4, -0.2) is 19.8 Å². The predicted octanol–water partition coefficient (Wildman–Crippen LogP) is 4.31. The Labute approximate surface area is 122 Å². The highest BCUT2D eigenvalue weighted by Gasteiger charge is 2.05. The molecule has 0 radical (unpaired) electrons.